The van der Waals surface area contributed by atoms with Crippen LogP contribution in [0.25, 0.3) is 0 Å². The molecule has 0 amide bonds. The van der Waals surface area contributed by atoms with Crippen molar-refractivity contribution >= 4 is 11.9 Å². The van der Waals surface area contributed by atoms with Crippen LogP contribution in [0.4, 0.5) is 0 Å². The third-order valence-electron chi connectivity index (χ3n) is 7.58. The molecule has 0 saturated carbocycles. The summed E-state index contributed by atoms with van der Waals surface area (Å²) in [5, 5.41) is 9.06. The monoisotopic (exact) mass is 540 g/mol. The normalized spacial score (nSPS) is 13.4. The van der Waals surface area contributed by atoms with Crippen molar-refractivity contribution in [2.45, 2.75) is 168 Å². The first-order valence-electron chi connectivity index (χ1n) is 16.4. The largest absolute Gasteiger partial charge is 0.481 e. The fourth-order valence-corrected chi connectivity index (χ4v) is 5.30. The van der Waals surface area contributed by atoms with E-state index in [1.54, 1.807) is 0 Å². The van der Waals surface area contributed by atoms with Crippen molar-refractivity contribution in [3.8, 4) is 0 Å². The minimum atomic E-state index is -0.921. The molecule has 38 heavy (non-hydrogen) atoms. The van der Waals surface area contributed by atoms with Crippen LogP contribution >= 0.6 is 0 Å². The zero-order valence-corrected chi connectivity index (χ0v) is 26.2. The van der Waals surface area contributed by atoms with Gasteiger partial charge in [0.25, 0.3) is 0 Å². The summed E-state index contributed by atoms with van der Waals surface area (Å²) in [4.78, 5) is 23.2. The maximum Gasteiger partial charge on any atom is 0.307 e. The Labute approximate surface area is 237 Å². The lowest BCUT2D eigenvalue weighted by Gasteiger charge is -2.28. The third kappa shape index (κ3) is 27.9. The van der Waals surface area contributed by atoms with Gasteiger partial charge in [0.05, 0.1) is 27.6 Å². The molecule has 2 atom stereocenters. The number of nitrogens with zero attached hydrogens (tertiary/aromatic N) is 1. The Bertz CT molecular complexity index is 558. The number of hydrogen-bond donors (Lipinski definition) is 1. The van der Waals surface area contributed by atoms with Crippen LogP contribution in [0.2, 0.25) is 0 Å². The summed E-state index contributed by atoms with van der Waals surface area (Å²) in [6.45, 7) is 5.23. The van der Waals surface area contributed by atoms with E-state index in [0.29, 0.717) is 17.4 Å². The molecular weight excluding hydrogens is 474 g/mol. The van der Waals surface area contributed by atoms with E-state index in [2.05, 4.69) is 13.8 Å². The molecule has 1 N–H and O–H groups in total. The zero-order chi connectivity index (χ0) is 28.5. The van der Waals surface area contributed by atoms with Crippen LogP contribution in [-0.2, 0) is 14.3 Å². The number of rotatable bonds is 28. The molecule has 0 aromatic carbocycles. The summed E-state index contributed by atoms with van der Waals surface area (Å²) in [5.74, 6) is -0.244. The minimum Gasteiger partial charge on any atom is -0.481 e. The number of aliphatic carboxylic acids is 1. The van der Waals surface area contributed by atoms with Crippen LogP contribution in [-0.4, -0.2) is 55.3 Å². The maximum atomic E-state index is 12.1. The van der Waals surface area contributed by atoms with Gasteiger partial charge in [0, 0.05) is 6.42 Å². The van der Waals surface area contributed by atoms with E-state index in [0.717, 1.165) is 18.8 Å². The second kappa shape index (κ2) is 24.9. The number of quaternary nitrogens is 1. The predicted octanol–water partition coefficient (Wildman–Crippen LogP) is 9.32. The van der Waals surface area contributed by atoms with Crippen molar-refractivity contribution in [1.29, 1.82) is 0 Å². The van der Waals surface area contributed by atoms with Gasteiger partial charge in [-0.3, -0.25) is 9.59 Å². The van der Waals surface area contributed by atoms with Crippen LogP contribution in [0, 0.1) is 5.92 Å². The molecule has 0 heterocycles. The van der Waals surface area contributed by atoms with E-state index in [1.165, 1.54) is 122 Å². The molecule has 0 aromatic rings. The lowest BCUT2D eigenvalue weighted by Crippen LogP contribution is -2.43. The van der Waals surface area contributed by atoms with Gasteiger partial charge in [-0.05, 0) is 12.3 Å². The highest BCUT2D eigenvalue weighted by Crippen LogP contribution is 2.18. The summed E-state index contributed by atoms with van der Waals surface area (Å²) in [6, 6.07) is 0. The Morgan fingerprint density at radius 1 is 0.658 bits per heavy atom. The Morgan fingerprint density at radius 3 is 1.45 bits per heavy atom. The van der Waals surface area contributed by atoms with E-state index < -0.39 is 12.1 Å². The van der Waals surface area contributed by atoms with E-state index in [9.17, 15) is 9.59 Å². The summed E-state index contributed by atoms with van der Waals surface area (Å²) >= 11 is 0. The van der Waals surface area contributed by atoms with Gasteiger partial charge in [-0.1, -0.05) is 142 Å². The van der Waals surface area contributed by atoms with Crippen molar-refractivity contribution in [2.75, 3.05) is 27.7 Å². The molecule has 0 spiro atoms. The first-order chi connectivity index (χ1) is 18.1. The average molecular weight is 541 g/mol. The maximum absolute atomic E-state index is 12.1. The van der Waals surface area contributed by atoms with Gasteiger partial charge in [-0.2, -0.15) is 0 Å². The Kier molecular flexibility index (Phi) is 24.2. The van der Waals surface area contributed by atoms with Crippen molar-refractivity contribution in [3.05, 3.63) is 0 Å². The van der Waals surface area contributed by atoms with Gasteiger partial charge in [-0.25, -0.2) is 0 Å². The molecule has 0 aliphatic rings. The first-order valence-corrected chi connectivity index (χ1v) is 16.4. The quantitative estimate of drug-likeness (QED) is 0.0610. The van der Waals surface area contributed by atoms with E-state index in [4.69, 9.17) is 9.84 Å². The second-order valence-corrected chi connectivity index (χ2v) is 13.0. The van der Waals surface area contributed by atoms with Gasteiger partial charge < -0.3 is 14.3 Å². The molecule has 0 aliphatic heterocycles. The number of carboxylic acid groups (broad SMARTS) is 1. The van der Waals surface area contributed by atoms with Gasteiger partial charge in [0.1, 0.15) is 6.54 Å². The fraction of sp³-hybridized carbons (Fsp3) is 0.939. The molecule has 0 aromatic heterocycles. The van der Waals surface area contributed by atoms with E-state index >= 15 is 0 Å². The lowest BCUT2D eigenvalue weighted by molar-refractivity contribution is -0.873. The molecule has 0 rings (SSSR count). The van der Waals surface area contributed by atoms with Crippen LogP contribution < -0.4 is 0 Å². The number of carboxylic acids is 1. The molecule has 0 saturated heterocycles. The molecular formula is C33H66NO4+. The molecule has 0 bridgehead atoms. The Morgan fingerprint density at radius 2 is 1.05 bits per heavy atom. The second-order valence-electron chi connectivity index (χ2n) is 13.0. The minimum absolute atomic E-state index is 0.125. The Balaban J connectivity index is 3.42. The highest BCUT2D eigenvalue weighted by Gasteiger charge is 2.24. The first kappa shape index (κ1) is 36.9. The Hall–Kier alpha value is -1.10. The predicted molar refractivity (Wildman–Crippen MR) is 161 cm³/mol. The number of carbonyl (C=O) groups is 2. The SMILES string of the molecule is CCCCC(C)CCCCCCCCCCCCCCCCCCCC(=O)OC(CC(=O)O)C[N+](C)(C)C. The van der Waals surface area contributed by atoms with Crippen LogP contribution in [0.3, 0.4) is 0 Å². The number of unbranched alkanes of at least 4 members (excludes halogenated alkanes) is 17. The number of likely N-dealkylation sites (N-methyl/N-ethyl adjacent to an activating group) is 1. The van der Waals surface area contributed by atoms with Gasteiger partial charge in [-0.15, -0.1) is 0 Å². The van der Waals surface area contributed by atoms with Gasteiger partial charge >= 0.3 is 11.9 Å². The topological polar surface area (TPSA) is 63.6 Å². The molecule has 5 nitrogen and oxygen atoms in total. The van der Waals surface area contributed by atoms with Crippen molar-refractivity contribution in [1.82, 2.24) is 0 Å². The standard InChI is InChI=1S/C33H65NO4/c1-6-7-25-30(2)26-23-21-19-17-15-13-11-9-8-10-12-14-16-18-20-22-24-27-33(37)38-31(28-32(35)36)29-34(3,4)5/h30-31H,6-29H2,1-5H3/p+1. The summed E-state index contributed by atoms with van der Waals surface area (Å²) in [6.07, 6.45) is 27.8. The van der Waals surface area contributed by atoms with Gasteiger partial charge in [0.2, 0.25) is 0 Å². The van der Waals surface area contributed by atoms with Crippen molar-refractivity contribution < 1.29 is 23.9 Å². The lowest BCUT2D eigenvalue weighted by atomic mass is 9.97. The smallest absolute Gasteiger partial charge is 0.307 e. The summed E-state index contributed by atoms with van der Waals surface area (Å²) < 4.78 is 6.03. The highest BCUT2D eigenvalue weighted by atomic mass is 16.5. The molecule has 0 radical (unpaired) electrons. The zero-order valence-electron chi connectivity index (χ0n) is 26.2. The van der Waals surface area contributed by atoms with Gasteiger partial charge in [0.15, 0.2) is 6.10 Å². The number of hydrogen-bond acceptors (Lipinski definition) is 3. The highest BCUT2D eigenvalue weighted by molar-refractivity contribution is 5.71. The number of ether oxygens (including phenoxy) is 1. The molecule has 2 unspecified atom stereocenters. The van der Waals surface area contributed by atoms with E-state index in [1.807, 2.05) is 21.1 Å². The van der Waals surface area contributed by atoms with Crippen LogP contribution in [0.1, 0.15) is 162 Å². The van der Waals surface area contributed by atoms with Crippen molar-refractivity contribution in [3.63, 3.8) is 0 Å². The summed E-state index contributed by atoms with van der Waals surface area (Å²) in [5.41, 5.74) is 0. The number of esters is 1. The number of carbonyl (C=O) groups excluding carboxylic acids is 1. The van der Waals surface area contributed by atoms with Crippen LogP contribution in [0.5, 0.6) is 0 Å². The average Bonchev–Trinajstić information content (AvgIpc) is 2.82. The molecule has 5 heteroatoms. The molecule has 0 aliphatic carbocycles. The molecule has 0 fully saturated rings. The summed E-state index contributed by atoms with van der Waals surface area (Å²) in [7, 11) is 5.93. The molecule has 226 valence electrons. The van der Waals surface area contributed by atoms with Crippen LogP contribution in [0.15, 0.2) is 0 Å². The van der Waals surface area contributed by atoms with Crippen molar-refractivity contribution in [2.24, 2.45) is 5.92 Å². The van der Waals surface area contributed by atoms with E-state index in [-0.39, 0.29) is 12.4 Å². The fourth-order valence-electron chi connectivity index (χ4n) is 5.30. The third-order valence-corrected chi connectivity index (χ3v) is 7.58.